The summed E-state index contributed by atoms with van der Waals surface area (Å²) in [7, 11) is 1.95. The maximum Gasteiger partial charge on any atom is 0.353 e. The highest BCUT2D eigenvalue weighted by atomic mass is 32.2. The van der Waals surface area contributed by atoms with Gasteiger partial charge in [-0.05, 0) is 12.8 Å². The zero-order valence-electron chi connectivity index (χ0n) is 14.0. The van der Waals surface area contributed by atoms with Crippen LogP contribution in [-0.2, 0) is 16.6 Å². The van der Waals surface area contributed by atoms with Gasteiger partial charge in [-0.1, -0.05) is 11.8 Å². The van der Waals surface area contributed by atoms with Crippen LogP contribution < -0.4 is 10.3 Å². The summed E-state index contributed by atoms with van der Waals surface area (Å²) in [6.45, 7) is 0. The normalized spacial score (nSPS) is 22.2. The molecule has 0 saturated carbocycles. The number of carboxylic acids is 1. The summed E-state index contributed by atoms with van der Waals surface area (Å²) < 4.78 is 2.71. The maximum absolute atomic E-state index is 12.0. The van der Waals surface area contributed by atoms with Crippen molar-refractivity contribution in [2.45, 2.75) is 29.3 Å². The molecule has 2 aliphatic heterocycles. The second-order valence-electron chi connectivity index (χ2n) is 6.27. The van der Waals surface area contributed by atoms with E-state index in [0.29, 0.717) is 17.7 Å². The van der Waals surface area contributed by atoms with Crippen molar-refractivity contribution < 1.29 is 19.3 Å². The molecule has 0 unspecified atom stereocenters. The van der Waals surface area contributed by atoms with E-state index < -0.39 is 12.0 Å². The smallest absolute Gasteiger partial charge is 0.353 e. The third kappa shape index (κ3) is 2.81. The summed E-state index contributed by atoms with van der Waals surface area (Å²) in [5.74, 6) is -1.41. The van der Waals surface area contributed by atoms with Crippen LogP contribution in [0.1, 0.15) is 12.8 Å². The average Bonchev–Trinajstić information content (AvgIpc) is 3.09. The third-order valence-corrected chi connectivity index (χ3v) is 6.69. The van der Waals surface area contributed by atoms with Crippen LogP contribution in [-0.4, -0.2) is 39.0 Å². The van der Waals surface area contributed by atoms with E-state index in [9.17, 15) is 14.7 Å². The van der Waals surface area contributed by atoms with Gasteiger partial charge >= 0.3 is 5.97 Å². The fourth-order valence-corrected chi connectivity index (χ4v) is 5.27. The van der Waals surface area contributed by atoms with Crippen molar-refractivity contribution in [2.24, 2.45) is 12.8 Å². The van der Waals surface area contributed by atoms with Crippen LogP contribution in [0.2, 0.25) is 0 Å². The lowest BCUT2D eigenvalue weighted by atomic mass is 9.87. The Balaban J connectivity index is 1.61. The van der Waals surface area contributed by atoms with E-state index in [0.717, 1.165) is 15.6 Å². The van der Waals surface area contributed by atoms with Crippen molar-refractivity contribution in [2.75, 3.05) is 0 Å². The van der Waals surface area contributed by atoms with Gasteiger partial charge in [0, 0.05) is 28.0 Å². The first kappa shape index (κ1) is 17.2. The van der Waals surface area contributed by atoms with Gasteiger partial charge in [0.2, 0.25) is 5.91 Å². The molecule has 2 aromatic heterocycles. The Bertz CT molecular complexity index is 922. The highest BCUT2D eigenvalue weighted by Crippen LogP contribution is 2.43. The predicted octanol–water partition coefficient (Wildman–Crippen LogP) is 1.35. The van der Waals surface area contributed by atoms with Gasteiger partial charge in [-0.25, -0.2) is 14.3 Å². The number of allylic oxidation sites excluding steroid dienone is 1. The molecule has 0 radical (unpaired) electrons. The molecule has 0 bridgehead atoms. The van der Waals surface area contributed by atoms with Crippen LogP contribution in [0.3, 0.4) is 0 Å². The number of carbonyl (C=O) groups is 2. The number of aryl methyl sites for hydroxylation is 1. The van der Waals surface area contributed by atoms with E-state index in [4.69, 9.17) is 5.73 Å². The monoisotopic (exact) mass is 389 g/mol. The van der Waals surface area contributed by atoms with Gasteiger partial charge in [0.1, 0.15) is 18.8 Å². The number of amides is 1. The number of hydrogen-bond acceptors (Lipinski definition) is 6. The number of thiazole rings is 1. The number of pyridine rings is 1. The number of hydrogen-bond donors (Lipinski definition) is 2. The van der Waals surface area contributed by atoms with Gasteiger partial charge < -0.3 is 10.8 Å². The van der Waals surface area contributed by atoms with Crippen LogP contribution in [0.15, 0.2) is 44.8 Å². The number of rotatable bonds is 4. The third-order valence-electron chi connectivity index (χ3n) is 4.61. The molecule has 2 atom stereocenters. The molecule has 1 saturated heterocycles. The molecule has 0 spiro atoms. The maximum atomic E-state index is 12.0. The van der Waals surface area contributed by atoms with Crippen LogP contribution in [0, 0.1) is 0 Å². The Hall–Kier alpha value is -2.23. The van der Waals surface area contributed by atoms with Gasteiger partial charge in [-0.3, -0.25) is 9.69 Å². The lowest BCUT2D eigenvalue weighted by molar-refractivity contribution is -0.671. The van der Waals surface area contributed by atoms with E-state index in [-0.39, 0.29) is 17.6 Å². The van der Waals surface area contributed by atoms with Gasteiger partial charge in [0.25, 0.3) is 0 Å². The zero-order chi connectivity index (χ0) is 18.4. The van der Waals surface area contributed by atoms with Crippen molar-refractivity contribution in [3.8, 4) is 11.3 Å². The predicted molar refractivity (Wildman–Crippen MR) is 97.1 cm³/mol. The quantitative estimate of drug-likeness (QED) is 0.605. The van der Waals surface area contributed by atoms with Crippen LogP contribution in [0.4, 0.5) is 0 Å². The molecular weight excluding hydrogens is 372 g/mol. The molecule has 4 heterocycles. The minimum absolute atomic E-state index is 0.0569. The molecular formula is C17H17N4O3S2+. The molecule has 9 heteroatoms. The topological polar surface area (TPSA) is 100 Å². The number of aliphatic carboxylic acids is 1. The van der Waals surface area contributed by atoms with E-state index >= 15 is 0 Å². The molecule has 3 N–H and O–H groups in total. The number of thioether (sulfide) groups is 1. The molecule has 1 amide bonds. The number of β-lactam (4-membered cyclic amide) rings is 1. The summed E-state index contributed by atoms with van der Waals surface area (Å²) in [5.41, 5.74) is 7.71. The molecule has 0 aromatic carbocycles. The Morgan fingerprint density at radius 2 is 2.19 bits per heavy atom. The van der Waals surface area contributed by atoms with Gasteiger partial charge in [0.05, 0.1) is 11.7 Å². The van der Waals surface area contributed by atoms with Gasteiger partial charge in [-0.2, -0.15) is 0 Å². The lowest BCUT2D eigenvalue weighted by Crippen LogP contribution is -2.69. The van der Waals surface area contributed by atoms with E-state index in [1.165, 1.54) is 28.0 Å². The molecule has 0 aliphatic carbocycles. The first-order chi connectivity index (χ1) is 12.5. The number of carboxylic acid groups (broad SMARTS) is 1. The molecule has 26 heavy (non-hydrogen) atoms. The van der Waals surface area contributed by atoms with Crippen molar-refractivity contribution in [3.63, 3.8) is 0 Å². The second-order valence-corrected chi connectivity index (χ2v) is 8.47. The first-order valence-electron chi connectivity index (χ1n) is 8.10. The van der Waals surface area contributed by atoms with Crippen molar-refractivity contribution >= 4 is 35.0 Å². The summed E-state index contributed by atoms with van der Waals surface area (Å²) in [6, 6.07) is 3.18. The minimum Gasteiger partial charge on any atom is -0.477 e. The van der Waals surface area contributed by atoms with E-state index in [2.05, 4.69) is 4.98 Å². The second kappa shape index (κ2) is 6.49. The Kier molecular flexibility index (Phi) is 4.29. The average molecular weight is 389 g/mol. The Morgan fingerprint density at radius 1 is 1.46 bits per heavy atom. The fraction of sp³-hybridized carbons (Fsp3) is 0.294. The number of nitrogens with zero attached hydrogens (tertiary/aromatic N) is 3. The highest BCUT2D eigenvalue weighted by Gasteiger charge is 2.51. The Labute approximate surface area is 158 Å². The minimum atomic E-state index is -1.09. The molecule has 7 nitrogen and oxygen atoms in total. The summed E-state index contributed by atoms with van der Waals surface area (Å²) in [6.07, 6.45) is 5.17. The molecule has 134 valence electrons. The molecule has 2 aromatic rings. The number of aromatic nitrogens is 2. The summed E-state index contributed by atoms with van der Waals surface area (Å²) >= 11 is 2.80. The number of nitrogens with two attached hydrogens (primary N) is 1. The fourth-order valence-electron chi connectivity index (χ4n) is 3.22. The highest BCUT2D eigenvalue weighted by molar-refractivity contribution is 8.04. The standard InChI is InChI=1S/C17H16N4O3S2/c1-20-6-4-9(5-7-20)10-8-25-17(19-10)26-12-3-2-11-13(18)15(22)21(11)14(12)16(23)24/h4-8,11,13H,2-3,18H2,1H3/p+1/t11-,13-/m1/s1. The lowest BCUT2D eigenvalue weighted by Gasteiger charge is -2.48. The van der Waals surface area contributed by atoms with Gasteiger partial charge in [0.15, 0.2) is 16.7 Å². The van der Waals surface area contributed by atoms with Crippen LogP contribution in [0.5, 0.6) is 0 Å². The van der Waals surface area contributed by atoms with Crippen LogP contribution in [0.25, 0.3) is 11.3 Å². The number of fused-ring (bicyclic) bond motifs is 1. The van der Waals surface area contributed by atoms with Crippen LogP contribution >= 0.6 is 23.1 Å². The summed E-state index contributed by atoms with van der Waals surface area (Å²) in [5, 5.41) is 11.6. The molecule has 2 aliphatic rings. The number of carbonyl (C=O) groups excluding carboxylic acids is 1. The zero-order valence-corrected chi connectivity index (χ0v) is 15.6. The van der Waals surface area contributed by atoms with E-state index in [1.54, 1.807) is 0 Å². The molecule has 1 fully saturated rings. The van der Waals surface area contributed by atoms with Crippen molar-refractivity contribution in [1.29, 1.82) is 0 Å². The molecule has 4 rings (SSSR count). The van der Waals surface area contributed by atoms with Crippen molar-refractivity contribution in [3.05, 3.63) is 40.5 Å². The largest absolute Gasteiger partial charge is 0.477 e. The summed E-state index contributed by atoms with van der Waals surface area (Å²) in [4.78, 5) is 30.3. The van der Waals surface area contributed by atoms with Crippen molar-refractivity contribution in [1.82, 2.24) is 9.88 Å². The SMILES string of the molecule is C[n+]1ccc(-c2csc(SC3=C(C(=O)O)N4C(=O)[C@H](N)[C@H]4CC3)n2)cc1. The van der Waals surface area contributed by atoms with Gasteiger partial charge in [-0.15, -0.1) is 11.3 Å². The first-order valence-corrected chi connectivity index (χ1v) is 9.79. The van der Waals surface area contributed by atoms with E-state index in [1.807, 2.05) is 41.5 Å². The Morgan fingerprint density at radius 3 is 2.88 bits per heavy atom.